The summed E-state index contributed by atoms with van der Waals surface area (Å²) in [6.45, 7) is 0.665. The highest BCUT2D eigenvalue weighted by Gasteiger charge is 2.36. The number of carbonyl (C=O) groups is 2. The largest absolute Gasteiger partial charge is 0.368 e. The third kappa shape index (κ3) is 2.60. The first kappa shape index (κ1) is 12.4. The molecule has 17 heavy (non-hydrogen) atoms. The first-order chi connectivity index (χ1) is 8.09. The fourth-order valence-electron chi connectivity index (χ4n) is 2.97. The molecular weight excluding hydrogens is 218 g/mol. The number of amides is 2. The number of nitrogens with two attached hydrogens (primary N) is 2. The summed E-state index contributed by atoms with van der Waals surface area (Å²) in [5.74, 6) is -0.285. The molecule has 96 valence electrons. The number of carbonyl (C=O) groups excluding carboxylic acids is 2. The van der Waals surface area contributed by atoms with Crippen LogP contribution >= 0.6 is 0 Å². The summed E-state index contributed by atoms with van der Waals surface area (Å²) < 4.78 is 0. The first-order valence-electron chi connectivity index (χ1n) is 6.45. The predicted molar refractivity (Wildman–Crippen MR) is 63.9 cm³/mol. The van der Waals surface area contributed by atoms with Gasteiger partial charge in [-0.05, 0) is 38.5 Å². The zero-order valence-corrected chi connectivity index (χ0v) is 10.1. The van der Waals surface area contributed by atoms with Crippen molar-refractivity contribution in [3.05, 3.63) is 0 Å². The van der Waals surface area contributed by atoms with Crippen LogP contribution in [0.15, 0.2) is 0 Å². The quantitative estimate of drug-likeness (QED) is 0.709. The molecule has 0 spiro atoms. The first-order valence-corrected chi connectivity index (χ1v) is 6.45. The Kier molecular flexibility index (Phi) is 3.66. The molecule has 2 fully saturated rings. The molecule has 5 nitrogen and oxygen atoms in total. The van der Waals surface area contributed by atoms with Crippen LogP contribution in [0.3, 0.4) is 0 Å². The molecule has 1 heterocycles. The van der Waals surface area contributed by atoms with Crippen molar-refractivity contribution in [1.82, 2.24) is 4.90 Å². The highest BCUT2D eigenvalue weighted by Crippen LogP contribution is 2.28. The van der Waals surface area contributed by atoms with Crippen LogP contribution in [0.25, 0.3) is 0 Å². The van der Waals surface area contributed by atoms with Gasteiger partial charge in [-0.15, -0.1) is 0 Å². The molecular formula is C12H21N3O2. The van der Waals surface area contributed by atoms with E-state index in [1.807, 2.05) is 0 Å². The molecule has 0 aromatic heterocycles. The molecule has 0 bridgehead atoms. The van der Waals surface area contributed by atoms with Gasteiger partial charge in [-0.3, -0.25) is 9.59 Å². The fraction of sp³-hybridized carbons (Fsp3) is 0.833. The van der Waals surface area contributed by atoms with E-state index in [9.17, 15) is 9.59 Å². The Hall–Kier alpha value is -1.10. The van der Waals surface area contributed by atoms with Gasteiger partial charge in [0.25, 0.3) is 0 Å². The van der Waals surface area contributed by atoms with E-state index in [-0.39, 0.29) is 23.8 Å². The Labute approximate surface area is 102 Å². The molecule has 1 aliphatic carbocycles. The lowest BCUT2D eigenvalue weighted by Crippen LogP contribution is -2.52. The van der Waals surface area contributed by atoms with Gasteiger partial charge in [0.15, 0.2) is 0 Å². The third-order valence-electron chi connectivity index (χ3n) is 3.94. The van der Waals surface area contributed by atoms with Crippen molar-refractivity contribution in [1.29, 1.82) is 0 Å². The molecule has 1 saturated carbocycles. The molecule has 5 heteroatoms. The summed E-state index contributed by atoms with van der Waals surface area (Å²) >= 11 is 0. The van der Waals surface area contributed by atoms with Gasteiger partial charge in [0.1, 0.15) is 6.04 Å². The molecule has 2 aliphatic rings. The van der Waals surface area contributed by atoms with Crippen LogP contribution in [-0.2, 0) is 9.59 Å². The monoisotopic (exact) mass is 239 g/mol. The molecule has 4 N–H and O–H groups in total. The Bertz CT molecular complexity index is 319. The Balaban J connectivity index is 2.03. The van der Waals surface area contributed by atoms with Crippen molar-refractivity contribution in [3.63, 3.8) is 0 Å². The van der Waals surface area contributed by atoms with Crippen LogP contribution in [0, 0.1) is 5.92 Å². The average Bonchev–Trinajstić information content (AvgIpc) is 2.75. The van der Waals surface area contributed by atoms with Gasteiger partial charge in [-0.25, -0.2) is 0 Å². The van der Waals surface area contributed by atoms with Crippen LogP contribution in [-0.4, -0.2) is 35.3 Å². The summed E-state index contributed by atoms with van der Waals surface area (Å²) in [6.07, 6.45) is 5.16. The second-order valence-electron chi connectivity index (χ2n) is 5.22. The number of primary amides is 1. The second kappa shape index (κ2) is 5.04. The van der Waals surface area contributed by atoms with Gasteiger partial charge in [-0.1, -0.05) is 0 Å². The van der Waals surface area contributed by atoms with Gasteiger partial charge in [0.2, 0.25) is 11.8 Å². The van der Waals surface area contributed by atoms with Gasteiger partial charge < -0.3 is 16.4 Å². The molecule has 2 amide bonds. The maximum absolute atomic E-state index is 12.3. The maximum Gasteiger partial charge on any atom is 0.240 e. The highest BCUT2D eigenvalue weighted by molar-refractivity contribution is 5.88. The molecule has 2 rings (SSSR count). The minimum atomic E-state index is -0.395. The molecule has 1 saturated heterocycles. The molecule has 1 aliphatic heterocycles. The van der Waals surface area contributed by atoms with E-state index in [0.717, 1.165) is 32.1 Å². The lowest BCUT2D eigenvalue weighted by Gasteiger charge is -2.35. The molecule has 3 unspecified atom stereocenters. The SMILES string of the molecule is NC(=O)C1CCCCN1C(=O)C1CCC(N)C1. The average molecular weight is 239 g/mol. The number of rotatable bonds is 2. The topological polar surface area (TPSA) is 89.4 Å². The minimum absolute atomic E-state index is 0.00458. The summed E-state index contributed by atoms with van der Waals surface area (Å²) in [5, 5.41) is 0. The van der Waals surface area contributed by atoms with E-state index in [2.05, 4.69) is 0 Å². The Morgan fingerprint density at radius 1 is 1.12 bits per heavy atom. The lowest BCUT2D eigenvalue weighted by atomic mass is 9.98. The van der Waals surface area contributed by atoms with E-state index >= 15 is 0 Å². The van der Waals surface area contributed by atoms with E-state index in [1.165, 1.54) is 0 Å². The third-order valence-corrected chi connectivity index (χ3v) is 3.94. The van der Waals surface area contributed by atoms with E-state index in [4.69, 9.17) is 11.5 Å². The maximum atomic E-state index is 12.3. The lowest BCUT2D eigenvalue weighted by molar-refractivity contribution is -0.144. The predicted octanol–water partition coefficient (Wildman–Crippen LogP) is -0.0198. The minimum Gasteiger partial charge on any atom is -0.368 e. The van der Waals surface area contributed by atoms with E-state index in [1.54, 1.807) is 4.90 Å². The van der Waals surface area contributed by atoms with Gasteiger partial charge in [0, 0.05) is 18.5 Å². The van der Waals surface area contributed by atoms with Crippen LogP contribution < -0.4 is 11.5 Å². The van der Waals surface area contributed by atoms with Crippen molar-refractivity contribution in [3.8, 4) is 0 Å². The number of hydrogen-bond donors (Lipinski definition) is 2. The van der Waals surface area contributed by atoms with Crippen LogP contribution in [0.5, 0.6) is 0 Å². The van der Waals surface area contributed by atoms with Crippen molar-refractivity contribution in [2.45, 2.75) is 50.6 Å². The summed E-state index contributed by atoms with van der Waals surface area (Å²) in [6, 6.07) is -0.256. The van der Waals surface area contributed by atoms with Gasteiger partial charge >= 0.3 is 0 Å². The van der Waals surface area contributed by atoms with Crippen molar-refractivity contribution in [2.75, 3.05) is 6.54 Å². The zero-order valence-electron chi connectivity index (χ0n) is 10.1. The zero-order chi connectivity index (χ0) is 12.4. The standard InChI is InChI=1S/C12H21N3O2/c13-9-5-4-8(7-9)12(17)15-6-2-1-3-10(15)11(14)16/h8-10H,1-7,13H2,(H2,14,16). The van der Waals surface area contributed by atoms with E-state index < -0.39 is 6.04 Å². The fourth-order valence-corrected chi connectivity index (χ4v) is 2.97. The molecule has 0 aromatic carbocycles. The molecule has 0 radical (unpaired) electrons. The molecule has 3 atom stereocenters. The van der Waals surface area contributed by atoms with Crippen molar-refractivity contribution >= 4 is 11.8 Å². The second-order valence-corrected chi connectivity index (χ2v) is 5.22. The van der Waals surface area contributed by atoms with Gasteiger partial charge in [-0.2, -0.15) is 0 Å². The van der Waals surface area contributed by atoms with Crippen LogP contribution in [0.4, 0.5) is 0 Å². The van der Waals surface area contributed by atoms with Crippen LogP contribution in [0.2, 0.25) is 0 Å². The Morgan fingerprint density at radius 2 is 1.88 bits per heavy atom. The number of likely N-dealkylation sites (tertiary alicyclic amines) is 1. The highest BCUT2D eigenvalue weighted by atomic mass is 16.2. The molecule has 0 aromatic rings. The van der Waals surface area contributed by atoms with Crippen molar-refractivity contribution < 1.29 is 9.59 Å². The van der Waals surface area contributed by atoms with Gasteiger partial charge in [0.05, 0.1) is 0 Å². The Morgan fingerprint density at radius 3 is 2.47 bits per heavy atom. The smallest absolute Gasteiger partial charge is 0.240 e. The number of nitrogens with zero attached hydrogens (tertiary/aromatic N) is 1. The summed E-state index contributed by atoms with van der Waals surface area (Å²) in [5.41, 5.74) is 11.2. The number of hydrogen-bond acceptors (Lipinski definition) is 3. The van der Waals surface area contributed by atoms with Crippen molar-refractivity contribution in [2.24, 2.45) is 17.4 Å². The summed E-state index contributed by atoms with van der Waals surface area (Å²) in [4.78, 5) is 25.4. The normalized spacial score (nSPS) is 33.7. The number of piperidine rings is 1. The van der Waals surface area contributed by atoms with Crippen LogP contribution in [0.1, 0.15) is 38.5 Å². The van der Waals surface area contributed by atoms with E-state index in [0.29, 0.717) is 13.0 Å². The summed E-state index contributed by atoms with van der Waals surface area (Å²) in [7, 11) is 0.